The van der Waals surface area contributed by atoms with Crippen LogP contribution in [0.25, 0.3) is 0 Å². The van der Waals surface area contributed by atoms with Gasteiger partial charge in [-0.25, -0.2) is 4.79 Å². The first-order valence-electron chi connectivity index (χ1n) is 10.1. The number of halogens is 3. The van der Waals surface area contributed by atoms with Crippen LogP contribution in [0.4, 0.5) is 18.0 Å². The summed E-state index contributed by atoms with van der Waals surface area (Å²) in [5, 5.41) is 11.3. The number of hydrogen-bond donors (Lipinski definition) is 1. The van der Waals surface area contributed by atoms with Crippen LogP contribution in [0.15, 0.2) is 48.5 Å². The Morgan fingerprint density at radius 1 is 1.13 bits per heavy atom. The molecular formula is C23H24F3NO3. The monoisotopic (exact) mass is 419 g/mol. The van der Waals surface area contributed by atoms with E-state index in [1.807, 2.05) is 30.3 Å². The van der Waals surface area contributed by atoms with Gasteiger partial charge in [-0.3, -0.25) is 0 Å². The zero-order valence-electron chi connectivity index (χ0n) is 16.7. The molecule has 30 heavy (non-hydrogen) atoms. The van der Waals surface area contributed by atoms with Crippen molar-refractivity contribution in [2.45, 2.75) is 63.1 Å². The van der Waals surface area contributed by atoms with Gasteiger partial charge in [0.1, 0.15) is 6.61 Å². The summed E-state index contributed by atoms with van der Waals surface area (Å²) < 4.78 is 45.2. The molecule has 0 aliphatic carbocycles. The minimum Gasteiger partial charge on any atom is -0.445 e. The average molecular weight is 419 g/mol. The van der Waals surface area contributed by atoms with E-state index in [-0.39, 0.29) is 37.1 Å². The SMILES string of the molecule is Cc1cc(C(F)(F)F)cc(C2(O)CC3CCC(C2)N3C(=O)OCc2ccccc2)c1. The quantitative estimate of drug-likeness (QED) is 0.747. The van der Waals surface area contributed by atoms with Gasteiger partial charge in [0.25, 0.3) is 0 Å². The summed E-state index contributed by atoms with van der Waals surface area (Å²) in [6, 6.07) is 12.6. The second-order valence-electron chi connectivity index (χ2n) is 8.36. The Kier molecular flexibility index (Phi) is 5.26. The lowest BCUT2D eigenvalue weighted by atomic mass is 9.79. The first-order chi connectivity index (χ1) is 14.2. The van der Waals surface area contributed by atoms with Gasteiger partial charge < -0.3 is 14.7 Å². The summed E-state index contributed by atoms with van der Waals surface area (Å²) >= 11 is 0. The Balaban J connectivity index is 1.51. The lowest BCUT2D eigenvalue weighted by Crippen LogP contribution is -2.52. The highest BCUT2D eigenvalue weighted by Crippen LogP contribution is 2.47. The molecule has 2 unspecified atom stereocenters. The third-order valence-corrected chi connectivity index (χ3v) is 6.12. The number of benzene rings is 2. The van der Waals surface area contributed by atoms with Crippen molar-refractivity contribution in [3.63, 3.8) is 0 Å². The standard InChI is InChI=1S/C23H24F3NO3/c1-15-9-17(11-18(10-15)23(24,25)26)22(29)12-19-7-8-20(13-22)27(19)21(28)30-14-16-5-3-2-4-6-16/h2-6,9-11,19-20,29H,7-8,12-14H2,1H3. The maximum absolute atomic E-state index is 13.2. The van der Waals surface area contributed by atoms with E-state index in [1.165, 1.54) is 0 Å². The Bertz CT molecular complexity index is 915. The van der Waals surface area contributed by atoms with Crippen molar-refractivity contribution in [1.29, 1.82) is 0 Å². The minimum absolute atomic E-state index is 0.159. The number of piperidine rings is 1. The number of fused-ring (bicyclic) bond motifs is 2. The summed E-state index contributed by atoms with van der Waals surface area (Å²) in [5.74, 6) is 0. The van der Waals surface area contributed by atoms with Crippen molar-refractivity contribution in [2.75, 3.05) is 0 Å². The van der Waals surface area contributed by atoms with E-state index in [1.54, 1.807) is 17.9 Å². The van der Waals surface area contributed by atoms with Crippen LogP contribution < -0.4 is 0 Å². The number of amides is 1. The van der Waals surface area contributed by atoms with Crippen LogP contribution >= 0.6 is 0 Å². The normalized spacial score (nSPS) is 26.0. The van der Waals surface area contributed by atoms with Crippen LogP contribution in [0.2, 0.25) is 0 Å². The molecule has 2 saturated heterocycles. The molecule has 2 heterocycles. The molecule has 0 radical (unpaired) electrons. The fourth-order valence-electron chi connectivity index (χ4n) is 4.77. The first-order valence-corrected chi connectivity index (χ1v) is 10.1. The topological polar surface area (TPSA) is 49.8 Å². The van der Waals surface area contributed by atoms with Crippen LogP contribution in [0.1, 0.15) is 47.9 Å². The van der Waals surface area contributed by atoms with E-state index in [4.69, 9.17) is 4.74 Å². The van der Waals surface area contributed by atoms with Crippen LogP contribution in [0.3, 0.4) is 0 Å². The van der Waals surface area contributed by atoms with Gasteiger partial charge in [0.05, 0.1) is 11.2 Å². The van der Waals surface area contributed by atoms with Crippen LogP contribution in [-0.2, 0) is 23.1 Å². The van der Waals surface area contributed by atoms with Gasteiger partial charge in [-0.15, -0.1) is 0 Å². The Hall–Kier alpha value is -2.54. The van der Waals surface area contributed by atoms with Gasteiger partial charge in [0, 0.05) is 24.9 Å². The fraction of sp³-hybridized carbons (Fsp3) is 0.435. The molecule has 2 aliphatic heterocycles. The molecule has 0 spiro atoms. The van der Waals surface area contributed by atoms with E-state index in [2.05, 4.69) is 0 Å². The number of carbonyl (C=O) groups excluding carboxylic acids is 1. The molecule has 2 fully saturated rings. The van der Waals surface area contributed by atoms with Gasteiger partial charge >= 0.3 is 12.3 Å². The zero-order valence-corrected chi connectivity index (χ0v) is 16.7. The Morgan fingerprint density at radius 2 is 1.77 bits per heavy atom. The average Bonchev–Trinajstić information content (AvgIpc) is 2.98. The van der Waals surface area contributed by atoms with Crippen molar-refractivity contribution >= 4 is 6.09 Å². The molecule has 1 amide bonds. The molecule has 0 saturated carbocycles. The number of rotatable bonds is 3. The molecule has 2 bridgehead atoms. The number of aryl methyl sites for hydroxylation is 1. The van der Waals surface area contributed by atoms with Gasteiger partial charge in [0.2, 0.25) is 0 Å². The third-order valence-electron chi connectivity index (χ3n) is 6.12. The molecule has 1 N–H and O–H groups in total. The molecule has 160 valence electrons. The fourth-order valence-corrected chi connectivity index (χ4v) is 4.77. The number of carbonyl (C=O) groups is 1. The van der Waals surface area contributed by atoms with Crippen molar-refractivity contribution < 1.29 is 27.8 Å². The second kappa shape index (κ2) is 7.61. The molecule has 7 heteroatoms. The van der Waals surface area contributed by atoms with E-state index in [0.29, 0.717) is 18.4 Å². The van der Waals surface area contributed by atoms with Gasteiger partial charge in [-0.05, 0) is 43.0 Å². The first kappa shape index (κ1) is 20.7. The highest BCUT2D eigenvalue weighted by molar-refractivity contribution is 5.69. The summed E-state index contributed by atoms with van der Waals surface area (Å²) in [5.41, 5.74) is -0.558. The van der Waals surface area contributed by atoms with Crippen molar-refractivity contribution in [2.24, 2.45) is 0 Å². The lowest BCUT2D eigenvalue weighted by molar-refractivity contribution is -0.137. The summed E-state index contributed by atoms with van der Waals surface area (Å²) in [6.07, 6.45) is -3.11. The van der Waals surface area contributed by atoms with Gasteiger partial charge in [-0.2, -0.15) is 13.2 Å². The van der Waals surface area contributed by atoms with E-state index in [0.717, 1.165) is 17.7 Å². The van der Waals surface area contributed by atoms with E-state index < -0.39 is 23.4 Å². The number of ether oxygens (including phenoxy) is 1. The molecule has 2 aliphatic rings. The molecule has 4 rings (SSSR count). The van der Waals surface area contributed by atoms with Crippen molar-refractivity contribution in [3.05, 3.63) is 70.8 Å². The third kappa shape index (κ3) is 4.03. The van der Waals surface area contributed by atoms with E-state index in [9.17, 15) is 23.1 Å². The second-order valence-corrected chi connectivity index (χ2v) is 8.36. The number of nitrogens with zero attached hydrogens (tertiary/aromatic N) is 1. The Labute approximate surface area is 173 Å². The predicted octanol–water partition coefficient (Wildman–Crippen LogP) is 5.17. The highest BCUT2D eigenvalue weighted by Gasteiger charge is 2.51. The predicted molar refractivity (Wildman–Crippen MR) is 105 cm³/mol. The molecule has 2 aromatic rings. The lowest BCUT2D eigenvalue weighted by Gasteiger charge is -2.43. The summed E-state index contributed by atoms with van der Waals surface area (Å²) in [6.45, 7) is 1.75. The summed E-state index contributed by atoms with van der Waals surface area (Å²) in [7, 11) is 0. The molecule has 4 nitrogen and oxygen atoms in total. The van der Waals surface area contributed by atoms with E-state index >= 15 is 0 Å². The smallest absolute Gasteiger partial charge is 0.416 e. The number of hydrogen-bond acceptors (Lipinski definition) is 3. The van der Waals surface area contributed by atoms with Crippen molar-refractivity contribution in [1.82, 2.24) is 4.90 Å². The molecular weight excluding hydrogens is 395 g/mol. The number of alkyl halides is 3. The van der Waals surface area contributed by atoms with Crippen LogP contribution in [0, 0.1) is 6.92 Å². The van der Waals surface area contributed by atoms with Crippen LogP contribution in [-0.4, -0.2) is 28.2 Å². The maximum atomic E-state index is 13.2. The van der Waals surface area contributed by atoms with Crippen molar-refractivity contribution in [3.8, 4) is 0 Å². The molecule has 2 aromatic carbocycles. The van der Waals surface area contributed by atoms with Gasteiger partial charge in [-0.1, -0.05) is 42.0 Å². The summed E-state index contributed by atoms with van der Waals surface area (Å²) in [4.78, 5) is 14.4. The number of aliphatic hydroxyl groups is 1. The largest absolute Gasteiger partial charge is 0.445 e. The molecule has 0 aromatic heterocycles. The highest BCUT2D eigenvalue weighted by atomic mass is 19.4. The zero-order chi connectivity index (χ0) is 21.5. The maximum Gasteiger partial charge on any atom is 0.416 e. The van der Waals surface area contributed by atoms with Gasteiger partial charge in [0.15, 0.2) is 0 Å². The Morgan fingerprint density at radius 3 is 2.37 bits per heavy atom. The molecule has 2 atom stereocenters. The minimum atomic E-state index is -4.47. The van der Waals surface area contributed by atoms with Crippen LogP contribution in [0.5, 0.6) is 0 Å².